The van der Waals surface area contributed by atoms with Crippen LogP contribution in [0.3, 0.4) is 0 Å². The van der Waals surface area contributed by atoms with Gasteiger partial charge in [0.15, 0.2) is 16.5 Å². The topological polar surface area (TPSA) is 101 Å². The molecule has 0 radical (unpaired) electrons. The van der Waals surface area contributed by atoms with E-state index >= 15 is 0 Å². The molecular weight excluding hydrogens is 533 g/mol. The van der Waals surface area contributed by atoms with Crippen molar-refractivity contribution in [1.29, 1.82) is 0 Å². The molecular formula is C27H19Cl2N3O4S. The summed E-state index contributed by atoms with van der Waals surface area (Å²) >= 11 is 17.5. The lowest BCUT2D eigenvalue weighted by atomic mass is 10.1. The number of aryl methyl sites for hydroxylation is 1. The fourth-order valence-electron chi connectivity index (χ4n) is 3.71. The number of carbonyl (C=O) groups is 1. The number of carbonyl (C=O) groups excluding carboxylic acids is 1. The van der Waals surface area contributed by atoms with Crippen molar-refractivity contribution in [2.24, 2.45) is 0 Å². The molecule has 0 bridgehead atoms. The van der Waals surface area contributed by atoms with Gasteiger partial charge in [0.05, 0.1) is 10.6 Å². The first-order chi connectivity index (χ1) is 17.8. The van der Waals surface area contributed by atoms with Gasteiger partial charge in [0.2, 0.25) is 5.89 Å². The van der Waals surface area contributed by atoms with Crippen LogP contribution >= 0.6 is 35.4 Å². The van der Waals surface area contributed by atoms with Gasteiger partial charge in [0.25, 0.3) is 5.91 Å². The van der Waals surface area contributed by atoms with E-state index in [0.717, 1.165) is 12.0 Å². The van der Waals surface area contributed by atoms with Crippen molar-refractivity contribution in [3.63, 3.8) is 0 Å². The Morgan fingerprint density at radius 2 is 1.84 bits per heavy atom. The van der Waals surface area contributed by atoms with Gasteiger partial charge in [-0.1, -0.05) is 36.2 Å². The monoisotopic (exact) mass is 551 g/mol. The van der Waals surface area contributed by atoms with Crippen molar-refractivity contribution >= 4 is 63.2 Å². The first-order valence-electron chi connectivity index (χ1n) is 11.2. The second kappa shape index (κ2) is 10.3. The Labute approximate surface area is 227 Å². The number of anilines is 1. The lowest BCUT2D eigenvalue weighted by molar-refractivity contribution is 0.0951. The summed E-state index contributed by atoms with van der Waals surface area (Å²) in [6.07, 6.45) is 0.875. The van der Waals surface area contributed by atoms with Crippen LogP contribution in [0.4, 0.5) is 5.69 Å². The third-order valence-corrected chi connectivity index (χ3v) is 6.35. The van der Waals surface area contributed by atoms with E-state index in [1.54, 1.807) is 36.4 Å². The molecule has 7 nitrogen and oxygen atoms in total. The summed E-state index contributed by atoms with van der Waals surface area (Å²) in [5.41, 5.74) is 3.95. The minimum atomic E-state index is -0.543. The van der Waals surface area contributed by atoms with Crippen molar-refractivity contribution in [3.8, 4) is 28.5 Å². The predicted molar refractivity (Wildman–Crippen MR) is 148 cm³/mol. The standard InChI is InChI=1S/C27H19Cl2N3O4S/c1-2-14-3-8-23-20(11-14)31-26(36-23)18-13-16(5-7-21(18)33)30-27(37)32-25(34)24-10-9-22(35-24)17-6-4-15(28)12-19(17)29/h3-13,33H,2H2,1H3,(H2,30,32,34,37). The molecule has 2 heterocycles. The number of halogens is 2. The van der Waals surface area contributed by atoms with E-state index in [1.165, 1.54) is 12.1 Å². The number of oxazole rings is 1. The second-order valence-corrected chi connectivity index (χ2v) is 9.35. The molecule has 186 valence electrons. The number of aromatic hydroxyl groups is 1. The number of amides is 1. The molecule has 37 heavy (non-hydrogen) atoms. The summed E-state index contributed by atoms with van der Waals surface area (Å²) in [6.45, 7) is 2.06. The number of thiocarbonyl (C=S) groups is 1. The molecule has 0 aliphatic rings. The molecule has 0 spiro atoms. The molecule has 5 aromatic rings. The third kappa shape index (κ3) is 5.32. The summed E-state index contributed by atoms with van der Waals surface area (Å²) in [5, 5.41) is 16.8. The maximum Gasteiger partial charge on any atom is 0.293 e. The van der Waals surface area contributed by atoms with Crippen molar-refractivity contribution < 1.29 is 18.7 Å². The van der Waals surface area contributed by atoms with E-state index < -0.39 is 5.91 Å². The Morgan fingerprint density at radius 3 is 2.62 bits per heavy atom. The molecule has 0 aliphatic heterocycles. The van der Waals surface area contributed by atoms with E-state index in [0.29, 0.717) is 43.7 Å². The molecule has 1 amide bonds. The van der Waals surface area contributed by atoms with E-state index in [2.05, 4.69) is 22.5 Å². The van der Waals surface area contributed by atoms with Crippen LogP contribution in [0.25, 0.3) is 33.9 Å². The Morgan fingerprint density at radius 1 is 1.00 bits per heavy atom. The highest BCUT2D eigenvalue weighted by molar-refractivity contribution is 7.80. The Hall–Kier alpha value is -3.85. The average Bonchev–Trinajstić information content (AvgIpc) is 3.52. The predicted octanol–water partition coefficient (Wildman–Crippen LogP) is 7.46. The van der Waals surface area contributed by atoms with Crippen LogP contribution < -0.4 is 10.6 Å². The van der Waals surface area contributed by atoms with Crippen LogP contribution in [0.15, 0.2) is 75.6 Å². The molecule has 0 unspecified atom stereocenters. The fourth-order valence-corrected chi connectivity index (χ4v) is 4.43. The molecule has 10 heteroatoms. The molecule has 0 aliphatic carbocycles. The molecule has 0 atom stereocenters. The van der Waals surface area contributed by atoms with E-state index in [1.807, 2.05) is 18.2 Å². The van der Waals surface area contributed by atoms with Crippen molar-refractivity contribution in [1.82, 2.24) is 10.3 Å². The van der Waals surface area contributed by atoms with Crippen molar-refractivity contribution in [2.75, 3.05) is 5.32 Å². The smallest absolute Gasteiger partial charge is 0.293 e. The number of fused-ring (bicyclic) bond motifs is 1. The highest BCUT2D eigenvalue weighted by Crippen LogP contribution is 2.34. The molecule has 0 saturated heterocycles. The fraction of sp³-hybridized carbons (Fsp3) is 0.0741. The lowest BCUT2D eigenvalue weighted by Gasteiger charge is -2.10. The van der Waals surface area contributed by atoms with Crippen LogP contribution in [-0.4, -0.2) is 21.1 Å². The Bertz CT molecular complexity index is 1660. The highest BCUT2D eigenvalue weighted by Gasteiger charge is 2.17. The van der Waals surface area contributed by atoms with Gasteiger partial charge in [-0.15, -0.1) is 0 Å². The van der Waals surface area contributed by atoms with Crippen LogP contribution in [0.5, 0.6) is 5.75 Å². The zero-order valence-electron chi connectivity index (χ0n) is 19.3. The van der Waals surface area contributed by atoms with Gasteiger partial charge in [-0.25, -0.2) is 4.98 Å². The summed E-state index contributed by atoms with van der Waals surface area (Å²) in [4.78, 5) is 17.2. The summed E-state index contributed by atoms with van der Waals surface area (Å²) in [6, 6.07) is 18.7. The molecule has 2 aromatic heterocycles. The molecule has 3 N–H and O–H groups in total. The van der Waals surface area contributed by atoms with Gasteiger partial charge < -0.3 is 19.3 Å². The van der Waals surface area contributed by atoms with Gasteiger partial charge in [0, 0.05) is 16.3 Å². The van der Waals surface area contributed by atoms with Crippen molar-refractivity contribution in [3.05, 3.63) is 88.1 Å². The third-order valence-electron chi connectivity index (χ3n) is 5.60. The maximum atomic E-state index is 12.7. The number of aromatic nitrogens is 1. The Kier molecular flexibility index (Phi) is 6.88. The van der Waals surface area contributed by atoms with Gasteiger partial charge >= 0.3 is 0 Å². The average molecular weight is 552 g/mol. The largest absolute Gasteiger partial charge is 0.507 e. The number of hydrogen-bond donors (Lipinski definition) is 3. The van der Waals surface area contributed by atoms with E-state index in [-0.39, 0.29) is 22.5 Å². The minimum Gasteiger partial charge on any atom is -0.507 e. The zero-order chi connectivity index (χ0) is 26.1. The SMILES string of the molecule is CCc1ccc2oc(-c3cc(NC(=S)NC(=O)c4ccc(-c5ccc(Cl)cc5Cl)o4)ccc3O)nc2c1. The number of nitrogens with zero attached hydrogens (tertiary/aromatic N) is 1. The van der Waals surface area contributed by atoms with E-state index in [4.69, 9.17) is 44.3 Å². The van der Waals surface area contributed by atoms with E-state index in [9.17, 15) is 9.90 Å². The van der Waals surface area contributed by atoms with Gasteiger partial charge in [0.1, 0.15) is 17.0 Å². The maximum absolute atomic E-state index is 12.7. The number of phenols is 1. The van der Waals surface area contributed by atoms with Crippen LogP contribution in [0.1, 0.15) is 23.0 Å². The molecule has 0 fully saturated rings. The first-order valence-corrected chi connectivity index (χ1v) is 12.4. The normalized spacial score (nSPS) is 11.0. The zero-order valence-corrected chi connectivity index (χ0v) is 21.7. The highest BCUT2D eigenvalue weighted by atomic mass is 35.5. The number of furan rings is 1. The number of phenolic OH excluding ortho intramolecular Hbond substituents is 1. The summed E-state index contributed by atoms with van der Waals surface area (Å²) in [5.74, 6) is 0.182. The summed E-state index contributed by atoms with van der Waals surface area (Å²) in [7, 11) is 0. The molecule has 0 saturated carbocycles. The first kappa shape index (κ1) is 24.8. The number of nitrogens with one attached hydrogen (secondary N) is 2. The second-order valence-electron chi connectivity index (χ2n) is 8.10. The van der Waals surface area contributed by atoms with Crippen LogP contribution in [0.2, 0.25) is 10.0 Å². The molecule has 5 rings (SSSR count). The minimum absolute atomic E-state index is 0.00764. The lowest BCUT2D eigenvalue weighted by Crippen LogP contribution is -2.33. The molecule has 3 aromatic carbocycles. The van der Waals surface area contributed by atoms with Crippen molar-refractivity contribution in [2.45, 2.75) is 13.3 Å². The van der Waals surface area contributed by atoms with Gasteiger partial charge in [-0.05, 0) is 84.9 Å². The van der Waals surface area contributed by atoms with Crippen LogP contribution in [-0.2, 0) is 6.42 Å². The summed E-state index contributed by atoms with van der Waals surface area (Å²) < 4.78 is 11.5. The quantitative estimate of drug-likeness (QED) is 0.154. The van der Waals surface area contributed by atoms with Crippen LogP contribution in [0, 0.1) is 0 Å². The number of hydrogen-bond acceptors (Lipinski definition) is 6. The Balaban J connectivity index is 1.30. The van der Waals surface area contributed by atoms with Gasteiger partial charge in [-0.3, -0.25) is 10.1 Å². The number of benzene rings is 3. The van der Waals surface area contributed by atoms with Gasteiger partial charge in [-0.2, -0.15) is 0 Å². The number of rotatable bonds is 5.